The topological polar surface area (TPSA) is 85.1 Å². The Balaban J connectivity index is 1.60. The number of fused-ring (bicyclic) bond motifs is 1. The molecule has 8 nitrogen and oxygen atoms in total. The molecule has 2 amide bonds. The zero-order valence-corrected chi connectivity index (χ0v) is 21.2. The Hall–Kier alpha value is -2.87. The van der Waals surface area contributed by atoms with Gasteiger partial charge < -0.3 is 23.8 Å². The lowest BCUT2D eigenvalue weighted by Crippen LogP contribution is -2.62. The molecule has 3 heterocycles. The molecule has 0 bridgehead atoms. The summed E-state index contributed by atoms with van der Waals surface area (Å²) in [7, 11) is 0. The zero-order chi connectivity index (χ0) is 24.8. The quantitative estimate of drug-likeness (QED) is 0.655. The highest BCUT2D eigenvalue weighted by molar-refractivity contribution is 5.97. The minimum Gasteiger partial charge on any atom is -0.491 e. The Morgan fingerprint density at radius 2 is 1.97 bits per heavy atom. The highest BCUT2D eigenvalue weighted by atomic mass is 16.5. The summed E-state index contributed by atoms with van der Waals surface area (Å²) in [6, 6.07) is 8.14. The van der Waals surface area contributed by atoms with E-state index >= 15 is 0 Å². The van der Waals surface area contributed by atoms with Crippen molar-refractivity contribution in [1.82, 2.24) is 15.0 Å². The first-order valence-electron chi connectivity index (χ1n) is 12.8. The number of hydrogen-bond acceptors (Lipinski definition) is 6. The van der Waals surface area contributed by atoms with Gasteiger partial charge in [0, 0.05) is 13.1 Å². The molecular formula is C27H37N3O5. The summed E-state index contributed by atoms with van der Waals surface area (Å²) in [5.74, 6) is 1.20. The van der Waals surface area contributed by atoms with Crippen molar-refractivity contribution in [2.75, 3.05) is 39.4 Å². The molecule has 35 heavy (non-hydrogen) atoms. The molecule has 0 radical (unpaired) electrons. The lowest BCUT2D eigenvalue weighted by Gasteiger charge is -2.44. The van der Waals surface area contributed by atoms with Crippen molar-refractivity contribution in [2.24, 2.45) is 0 Å². The molecular weight excluding hydrogens is 446 g/mol. The first-order valence-corrected chi connectivity index (χ1v) is 12.8. The molecule has 2 aliphatic heterocycles. The van der Waals surface area contributed by atoms with E-state index in [1.54, 1.807) is 18.7 Å². The average Bonchev–Trinajstić information content (AvgIpc) is 3.21. The van der Waals surface area contributed by atoms with E-state index in [9.17, 15) is 9.59 Å². The molecule has 8 heteroatoms. The number of ether oxygens (including phenoxy) is 2. The first kappa shape index (κ1) is 25.2. The van der Waals surface area contributed by atoms with Crippen molar-refractivity contribution in [3.63, 3.8) is 0 Å². The van der Waals surface area contributed by atoms with Crippen LogP contribution in [0.25, 0.3) is 0 Å². The third-order valence-electron chi connectivity index (χ3n) is 7.05. The van der Waals surface area contributed by atoms with Crippen molar-refractivity contribution in [3.8, 4) is 5.75 Å². The minimum absolute atomic E-state index is 0.0420. The van der Waals surface area contributed by atoms with Crippen molar-refractivity contribution >= 4 is 11.8 Å². The highest BCUT2D eigenvalue weighted by Gasteiger charge is 2.47. The first-order chi connectivity index (χ1) is 16.9. The number of morpholine rings is 1. The standard InChI is InChI=1S/C27H37N3O5/c1-4-5-14-29-15-17-33-23-12-7-6-10-22(23)11-8-9-13-27(26(29)32)19-30(16-18-34-27)25(31)24-20(2)28-35-21(24)3/h6-7,10,12H,4-5,8-9,11,13-19H2,1-3H3. The van der Waals surface area contributed by atoms with Crippen LogP contribution in [0, 0.1) is 13.8 Å². The van der Waals surface area contributed by atoms with Crippen LogP contribution in [0.1, 0.15) is 66.4 Å². The predicted octanol–water partition coefficient (Wildman–Crippen LogP) is 3.94. The maximum Gasteiger partial charge on any atom is 0.259 e. The summed E-state index contributed by atoms with van der Waals surface area (Å²) >= 11 is 0. The van der Waals surface area contributed by atoms with Gasteiger partial charge in [0.25, 0.3) is 11.8 Å². The predicted molar refractivity (Wildman–Crippen MR) is 132 cm³/mol. The van der Waals surface area contributed by atoms with Gasteiger partial charge in [0.1, 0.15) is 23.7 Å². The second-order valence-electron chi connectivity index (χ2n) is 9.58. The monoisotopic (exact) mass is 483 g/mol. The van der Waals surface area contributed by atoms with Gasteiger partial charge in [-0.3, -0.25) is 9.59 Å². The molecule has 1 spiro atoms. The van der Waals surface area contributed by atoms with E-state index in [4.69, 9.17) is 14.0 Å². The van der Waals surface area contributed by atoms with Gasteiger partial charge in [0.05, 0.1) is 25.4 Å². The van der Waals surface area contributed by atoms with Gasteiger partial charge in [0.15, 0.2) is 5.60 Å². The van der Waals surface area contributed by atoms with E-state index in [0.29, 0.717) is 56.3 Å². The number of nitrogens with zero attached hydrogens (tertiary/aromatic N) is 3. The average molecular weight is 484 g/mol. The fraction of sp³-hybridized carbons (Fsp3) is 0.593. The molecule has 1 aromatic heterocycles. The molecule has 1 atom stereocenters. The lowest BCUT2D eigenvalue weighted by atomic mass is 9.90. The van der Waals surface area contributed by atoms with E-state index in [0.717, 1.165) is 37.9 Å². The SMILES string of the molecule is CCCCN1CCOc2ccccc2CCCCC2(CN(C(=O)c3c(C)noc3C)CCO2)C1=O. The van der Waals surface area contributed by atoms with E-state index < -0.39 is 5.60 Å². The number of para-hydroxylation sites is 1. The van der Waals surface area contributed by atoms with Crippen LogP contribution in [0.4, 0.5) is 0 Å². The summed E-state index contributed by atoms with van der Waals surface area (Å²) in [5, 5.41) is 3.94. The van der Waals surface area contributed by atoms with E-state index in [1.165, 1.54) is 5.56 Å². The summed E-state index contributed by atoms with van der Waals surface area (Å²) < 4.78 is 17.6. The second kappa shape index (κ2) is 11.2. The van der Waals surface area contributed by atoms with Gasteiger partial charge in [-0.05, 0) is 57.6 Å². The fourth-order valence-electron chi connectivity index (χ4n) is 5.09. The van der Waals surface area contributed by atoms with Crippen molar-refractivity contribution < 1.29 is 23.6 Å². The number of unbranched alkanes of at least 4 members (excludes halogenated alkanes) is 1. The summed E-state index contributed by atoms with van der Waals surface area (Å²) in [4.78, 5) is 31.1. The number of aryl methyl sites for hydroxylation is 3. The number of aromatic nitrogens is 1. The molecule has 1 aromatic carbocycles. The molecule has 0 N–H and O–H groups in total. The molecule has 1 saturated heterocycles. The Labute approximate surface area is 207 Å². The maximum atomic E-state index is 14.1. The summed E-state index contributed by atoms with van der Waals surface area (Å²) in [6.45, 7) is 8.16. The van der Waals surface area contributed by atoms with Gasteiger partial charge in [-0.2, -0.15) is 0 Å². The van der Waals surface area contributed by atoms with E-state index in [2.05, 4.69) is 18.1 Å². The molecule has 190 valence electrons. The summed E-state index contributed by atoms with van der Waals surface area (Å²) in [5.41, 5.74) is 1.18. The van der Waals surface area contributed by atoms with Gasteiger partial charge in [-0.1, -0.05) is 36.7 Å². The number of hydrogen-bond donors (Lipinski definition) is 0. The number of benzene rings is 1. The molecule has 0 aliphatic carbocycles. The van der Waals surface area contributed by atoms with Crippen LogP contribution >= 0.6 is 0 Å². The number of carbonyl (C=O) groups is 2. The smallest absolute Gasteiger partial charge is 0.259 e. The lowest BCUT2D eigenvalue weighted by molar-refractivity contribution is -0.170. The van der Waals surface area contributed by atoms with Gasteiger partial charge in [0.2, 0.25) is 0 Å². The van der Waals surface area contributed by atoms with Crippen molar-refractivity contribution in [3.05, 3.63) is 46.8 Å². The van der Waals surface area contributed by atoms with Crippen LogP contribution in [0.2, 0.25) is 0 Å². The van der Waals surface area contributed by atoms with Gasteiger partial charge in [-0.15, -0.1) is 0 Å². The van der Waals surface area contributed by atoms with Crippen molar-refractivity contribution in [1.29, 1.82) is 0 Å². The van der Waals surface area contributed by atoms with Gasteiger partial charge in [-0.25, -0.2) is 0 Å². The number of amides is 2. The minimum atomic E-state index is -1.06. The molecule has 2 aliphatic rings. The third kappa shape index (κ3) is 5.53. The van der Waals surface area contributed by atoms with Crippen molar-refractivity contribution in [2.45, 2.75) is 64.9 Å². The Morgan fingerprint density at radius 3 is 2.74 bits per heavy atom. The van der Waals surface area contributed by atoms with Crippen LogP contribution in [0.3, 0.4) is 0 Å². The summed E-state index contributed by atoms with van der Waals surface area (Å²) in [6.07, 6.45) is 5.06. The van der Waals surface area contributed by atoms with E-state index in [1.807, 2.05) is 23.1 Å². The molecule has 4 rings (SSSR count). The maximum absolute atomic E-state index is 14.1. The van der Waals surface area contributed by atoms with E-state index in [-0.39, 0.29) is 18.4 Å². The Kier molecular flexibility index (Phi) is 8.11. The number of carbonyl (C=O) groups excluding carboxylic acids is 2. The zero-order valence-electron chi connectivity index (χ0n) is 21.2. The molecule has 1 fully saturated rings. The Morgan fingerprint density at radius 1 is 1.14 bits per heavy atom. The second-order valence-corrected chi connectivity index (χ2v) is 9.58. The van der Waals surface area contributed by atoms with Gasteiger partial charge >= 0.3 is 0 Å². The van der Waals surface area contributed by atoms with Crippen LogP contribution < -0.4 is 4.74 Å². The van der Waals surface area contributed by atoms with Crippen LogP contribution in [-0.2, 0) is 16.0 Å². The largest absolute Gasteiger partial charge is 0.491 e. The molecule has 2 aromatic rings. The third-order valence-corrected chi connectivity index (χ3v) is 7.05. The normalized spacial score (nSPS) is 21.7. The van der Waals surface area contributed by atoms with Crippen LogP contribution in [0.15, 0.2) is 28.8 Å². The molecule has 0 saturated carbocycles. The van der Waals surface area contributed by atoms with Crippen LogP contribution in [-0.4, -0.2) is 71.8 Å². The Bertz CT molecular complexity index is 1020. The number of rotatable bonds is 4. The fourth-order valence-corrected chi connectivity index (χ4v) is 5.09. The van der Waals surface area contributed by atoms with Crippen LogP contribution in [0.5, 0.6) is 5.75 Å². The highest BCUT2D eigenvalue weighted by Crippen LogP contribution is 2.31. The molecule has 1 unspecified atom stereocenters.